The van der Waals surface area contributed by atoms with Crippen LogP contribution in [0.15, 0.2) is 54.6 Å². The predicted molar refractivity (Wildman–Crippen MR) is 229 cm³/mol. The van der Waals surface area contributed by atoms with Crippen LogP contribution in [-0.2, 0) is 34.2 Å². The van der Waals surface area contributed by atoms with Gasteiger partial charge in [-0.05, 0) is 97.2 Å². The molecule has 2 amide bonds. The maximum absolute atomic E-state index is 13.8. The standard InChI is InChI=1S/C48H62N2O11/c1-8-9-10-11-15-25-56-27-28-57-26-24-49-41(51)16-13-12-14-23-50-42(52)32-17-20-36-35(29-32)43(53)61-48(36)37-21-18-33(58-44(54)46(2,3)4)30-39(37)60-40-31-34(19-22-38(40)48)59-45(55)47(5,6)7/h17-22,29-31H,8-16,23-28H2,1-7H3,(H,49,51)(H,50,52). The molecule has 1 spiro atoms. The summed E-state index contributed by atoms with van der Waals surface area (Å²) in [6, 6.07) is 14.6. The Labute approximate surface area is 359 Å². The topological polar surface area (TPSA) is 165 Å². The third-order valence-corrected chi connectivity index (χ3v) is 10.4. The minimum atomic E-state index is -1.50. The average molecular weight is 843 g/mol. The zero-order valence-electron chi connectivity index (χ0n) is 36.8. The molecule has 2 N–H and O–H groups in total. The van der Waals surface area contributed by atoms with Gasteiger partial charge >= 0.3 is 17.9 Å². The third-order valence-electron chi connectivity index (χ3n) is 10.4. The number of hydrogen-bond acceptors (Lipinski definition) is 11. The molecule has 330 valence electrons. The second-order valence-corrected chi connectivity index (χ2v) is 17.6. The Morgan fingerprint density at radius 3 is 1.80 bits per heavy atom. The van der Waals surface area contributed by atoms with Crippen molar-refractivity contribution in [2.75, 3.05) is 39.5 Å². The number of nitrogens with one attached hydrogen (secondary N) is 2. The number of ether oxygens (including phenoxy) is 6. The first-order chi connectivity index (χ1) is 29.0. The number of amides is 2. The molecule has 0 unspecified atom stereocenters. The molecule has 0 saturated heterocycles. The van der Waals surface area contributed by atoms with Gasteiger partial charge in [0.25, 0.3) is 5.91 Å². The van der Waals surface area contributed by atoms with Crippen LogP contribution in [0.1, 0.15) is 144 Å². The van der Waals surface area contributed by atoms with Crippen LogP contribution in [0, 0.1) is 10.8 Å². The summed E-state index contributed by atoms with van der Waals surface area (Å²) in [5, 5.41) is 5.79. The highest BCUT2D eigenvalue weighted by Gasteiger charge is 2.54. The minimum Gasteiger partial charge on any atom is -0.456 e. The van der Waals surface area contributed by atoms with Gasteiger partial charge in [-0.15, -0.1) is 0 Å². The zero-order valence-corrected chi connectivity index (χ0v) is 36.8. The normalized spacial score (nSPS) is 13.7. The SMILES string of the molecule is CCCCCCCOCCOCCNC(=O)CCCCCNC(=O)c1ccc2c(c1)C(=O)OC21c2ccc(OC(=O)C(C)(C)C)cc2Oc2cc(OC(=O)C(C)(C)C)ccc21. The van der Waals surface area contributed by atoms with E-state index in [1.807, 2.05) is 0 Å². The van der Waals surface area contributed by atoms with Gasteiger partial charge in [-0.3, -0.25) is 19.2 Å². The molecule has 0 aromatic heterocycles. The first-order valence-corrected chi connectivity index (χ1v) is 21.5. The van der Waals surface area contributed by atoms with Crippen molar-refractivity contribution in [2.24, 2.45) is 10.8 Å². The molecule has 0 atom stereocenters. The van der Waals surface area contributed by atoms with E-state index in [9.17, 15) is 24.0 Å². The molecule has 13 nitrogen and oxygen atoms in total. The van der Waals surface area contributed by atoms with Gasteiger partial charge in [0.2, 0.25) is 5.91 Å². The summed E-state index contributed by atoms with van der Waals surface area (Å²) in [5.74, 6) is -0.936. The van der Waals surface area contributed by atoms with E-state index in [-0.39, 0.29) is 45.9 Å². The van der Waals surface area contributed by atoms with E-state index < -0.39 is 34.3 Å². The molecule has 0 aliphatic carbocycles. The summed E-state index contributed by atoms with van der Waals surface area (Å²) < 4.78 is 35.1. The van der Waals surface area contributed by atoms with Gasteiger partial charge in [0.1, 0.15) is 23.0 Å². The van der Waals surface area contributed by atoms with Crippen LogP contribution < -0.4 is 24.8 Å². The quantitative estimate of drug-likeness (QED) is 0.0600. The highest BCUT2D eigenvalue weighted by molar-refractivity contribution is 6.01. The van der Waals surface area contributed by atoms with Crippen molar-refractivity contribution in [1.29, 1.82) is 0 Å². The molecular weight excluding hydrogens is 781 g/mol. The minimum absolute atomic E-state index is 0.0395. The Bertz CT molecular complexity index is 1970. The van der Waals surface area contributed by atoms with Gasteiger partial charge in [0, 0.05) is 60.5 Å². The van der Waals surface area contributed by atoms with Crippen LogP contribution in [0.25, 0.3) is 0 Å². The van der Waals surface area contributed by atoms with E-state index >= 15 is 0 Å². The van der Waals surface area contributed by atoms with E-state index in [0.29, 0.717) is 68.9 Å². The van der Waals surface area contributed by atoms with Crippen molar-refractivity contribution < 1.29 is 52.4 Å². The van der Waals surface area contributed by atoms with Crippen LogP contribution >= 0.6 is 0 Å². The van der Waals surface area contributed by atoms with E-state index in [0.717, 1.165) is 19.4 Å². The first kappa shape index (κ1) is 46.8. The second-order valence-electron chi connectivity index (χ2n) is 17.6. The summed E-state index contributed by atoms with van der Waals surface area (Å²) >= 11 is 0. The fraction of sp³-hybridized carbons (Fsp3) is 0.521. The smallest absolute Gasteiger partial charge is 0.340 e. The van der Waals surface area contributed by atoms with Gasteiger partial charge in [-0.2, -0.15) is 0 Å². The second kappa shape index (κ2) is 21.0. The molecule has 0 saturated carbocycles. The number of carbonyl (C=O) groups excluding carboxylic acids is 5. The number of hydrogen-bond donors (Lipinski definition) is 2. The van der Waals surface area contributed by atoms with E-state index in [4.69, 9.17) is 28.4 Å². The van der Waals surface area contributed by atoms with Gasteiger partial charge in [0.15, 0.2) is 5.60 Å². The molecule has 0 fully saturated rings. The molecule has 0 radical (unpaired) electrons. The van der Waals surface area contributed by atoms with Crippen LogP contribution in [-0.4, -0.2) is 69.2 Å². The number of esters is 3. The fourth-order valence-corrected chi connectivity index (χ4v) is 6.85. The molecule has 2 aliphatic heterocycles. The van der Waals surface area contributed by atoms with E-state index in [1.54, 1.807) is 90.1 Å². The number of carbonyl (C=O) groups is 5. The number of benzene rings is 3. The average Bonchev–Trinajstić information content (AvgIpc) is 3.49. The Hall–Kier alpha value is -5.27. The Kier molecular flexibility index (Phi) is 16.1. The first-order valence-electron chi connectivity index (χ1n) is 21.5. The van der Waals surface area contributed by atoms with Crippen LogP contribution in [0.2, 0.25) is 0 Å². The molecule has 61 heavy (non-hydrogen) atoms. The van der Waals surface area contributed by atoms with Crippen LogP contribution in [0.5, 0.6) is 23.0 Å². The lowest BCUT2D eigenvalue weighted by Crippen LogP contribution is -2.33. The van der Waals surface area contributed by atoms with Crippen molar-refractivity contribution in [3.63, 3.8) is 0 Å². The lowest BCUT2D eigenvalue weighted by molar-refractivity contribution is -0.143. The molecule has 5 rings (SSSR count). The van der Waals surface area contributed by atoms with Gasteiger partial charge in [-0.25, -0.2) is 4.79 Å². The highest BCUT2D eigenvalue weighted by atomic mass is 16.6. The van der Waals surface area contributed by atoms with Gasteiger partial charge < -0.3 is 39.1 Å². The summed E-state index contributed by atoms with van der Waals surface area (Å²) in [4.78, 5) is 64.9. The summed E-state index contributed by atoms with van der Waals surface area (Å²) in [5.41, 5.74) is -1.10. The lowest BCUT2D eigenvalue weighted by Gasteiger charge is -2.36. The molecule has 3 aromatic carbocycles. The van der Waals surface area contributed by atoms with Gasteiger partial charge in [-0.1, -0.05) is 45.1 Å². The van der Waals surface area contributed by atoms with Crippen LogP contribution in [0.3, 0.4) is 0 Å². The molecule has 0 bridgehead atoms. The van der Waals surface area contributed by atoms with Crippen molar-refractivity contribution in [1.82, 2.24) is 10.6 Å². The summed E-state index contributed by atoms with van der Waals surface area (Å²) in [6.07, 6.45) is 8.50. The Morgan fingerprint density at radius 2 is 1.20 bits per heavy atom. The largest absolute Gasteiger partial charge is 0.456 e. The number of unbranched alkanes of at least 4 members (excludes halogenated alkanes) is 6. The monoisotopic (exact) mass is 842 g/mol. The maximum atomic E-state index is 13.8. The van der Waals surface area contributed by atoms with Crippen LogP contribution in [0.4, 0.5) is 0 Å². The third kappa shape index (κ3) is 12.2. The molecule has 3 aromatic rings. The van der Waals surface area contributed by atoms with E-state index in [1.165, 1.54) is 31.7 Å². The van der Waals surface area contributed by atoms with E-state index in [2.05, 4.69) is 17.6 Å². The van der Waals surface area contributed by atoms with Gasteiger partial charge in [0.05, 0.1) is 36.2 Å². The predicted octanol–water partition coefficient (Wildman–Crippen LogP) is 8.57. The Balaban J connectivity index is 1.17. The van der Waals surface area contributed by atoms with Crippen molar-refractivity contribution in [3.8, 4) is 23.0 Å². The van der Waals surface area contributed by atoms with Crippen molar-refractivity contribution in [3.05, 3.63) is 82.4 Å². The number of fused-ring (bicyclic) bond motifs is 6. The molecule has 2 heterocycles. The molecular formula is C48H62N2O11. The number of rotatable bonds is 21. The van der Waals surface area contributed by atoms with Crippen molar-refractivity contribution >= 4 is 29.7 Å². The highest BCUT2D eigenvalue weighted by Crippen LogP contribution is 2.57. The molecule has 2 aliphatic rings. The fourth-order valence-electron chi connectivity index (χ4n) is 6.85. The molecule has 13 heteroatoms. The maximum Gasteiger partial charge on any atom is 0.340 e. The zero-order chi connectivity index (χ0) is 44.2. The Morgan fingerprint density at radius 1 is 0.623 bits per heavy atom. The summed E-state index contributed by atoms with van der Waals surface area (Å²) in [6.45, 7) is 15.8. The lowest BCUT2D eigenvalue weighted by atomic mass is 9.77. The van der Waals surface area contributed by atoms with Crippen molar-refractivity contribution in [2.45, 2.75) is 112 Å². The summed E-state index contributed by atoms with van der Waals surface area (Å²) in [7, 11) is 0.